The number of allylic oxidation sites excluding steroid dienone is 28. The summed E-state index contributed by atoms with van der Waals surface area (Å²) in [6.45, 7) is 6.25. The summed E-state index contributed by atoms with van der Waals surface area (Å²) in [4.78, 5) is 38.3. The summed E-state index contributed by atoms with van der Waals surface area (Å²) in [5.41, 5.74) is 0. The number of unbranched alkanes of at least 4 members (excludes halogenated alkanes) is 18. The lowest BCUT2D eigenvalue weighted by atomic mass is 10.1. The van der Waals surface area contributed by atoms with Gasteiger partial charge in [0, 0.05) is 19.3 Å². The fraction of sp³-hybridized carbons (Fsp3) is 0.587. The van der Waals surface area contributed by atoms with Gasteiger partial charge < -0.3 is 14.2 Å². The molecule has 0 aromatic carbocycles. The predicted octanol–water partition coefficient (Wildman–Crippen LogP) is 22.7. The molecule has 0 saturated carbocycles. The maximum atomic E-state index is 12.9. The summed E-state index contributed by atoms with van der Waals surface area (Å²) in [5, 5.41) is 0. The van der Waals surface area contributed by atoms with E-state index in [1.54, 1.807) is 0 Å². The zero-order valence-corrected chi connectivity index (χ0v) is 52.0. The predicted molar refractivity (Wildman–Crippen MR) is 352 cm³/mol. The summed E-state index contributed by atoms with van der Waals surface area (Å²) < 4.78 is 16.9. The summed E-state index contributed by atoms with van der Waals surface area (Å²) >= 11 is 0. The van der Waals surface area contributed by atoms with E-state index in [1.807, 2.05) is 0 Å². The number of ether oxygens (including phenoxy) is 3. The molecule has 6 heteroatoms. The van der Waals surface area contributed by atoms with Crippen molar-refractivity contribution in [2.24, 2.45) is 0 Å². The molecule has 0 aliphatic rings. The van der Waals surface area contributed by atoms with Crippen LogP contribution in [0, 0.1) is 0 Å². The Morgan fingerprint density at radius 2 is 0.444 bits per heavy atom. The van der Waals surface area contributed by atoms with E-state index in [9.17, 15) is 14.4 Å². The fourth-order valence-electron chi connectivity index (χ4n) is 8.43. The van der Waals surface area contributed by atoms with Crippen molar-refractivity contribution in [3.8, 4) is 0 Å². The van der Waals surface area contributed by atoms with Crippen LogP contribution in [0.15, 0.2) is 170 Å². The third-order valence-electron chi connectivity index (χ3n) is 13.2. The first-order valence-electron chi connectivity index (χ1n) is 32.6. The Balaban J connectivity index is 4.41. The molecule has 6 nitrogen and oxygen atoms in total. The van der Waals surface area contributed by atoms with Crippen LogP contribution >= 0.6 is 0 Å². The van der Waals surface area contributed by atoms with Gasteiger partial charge in [-0.3, -0.25) is 14.4 Å². The van der Waals surface area contributed by atoms with Gasteiger partial charge in [0.15, 0.2) is 6.10 Å². The molecule has 0 aromatic rings. The molecule has 0 rings (SSSR count). The molecule has 0 saturated heterocycles. The molecule has 0 aliphatic carbocycles. The second kappa shape index (κ2) is 67.3. The van der Waals surface area contributed by atoms with E-state index >= 15 is 0 Å². The van der Waals surface area contributed by atoms with Gasteiger partial charge >= 0.3 is 17.9 Å². The number of esters is 3. The highest BCUT2D eigenvalue weighted by Crippen LogP contribution is 2.14. The number of rotatable bonds is 57. The lowest BCUT2D eigenvalue weighted by Crippen LogP contribution is -2.30. The third kappa shape index (κ3) is 65.5. The van der Waals surface area contributed by atoms with Crippen LogP contribution in [0.4, 0.5) is 0 Å². The molecule has 0 fully saturated rings. The lowest BCUT2D eigenvalue weighted by molar-refractivity contribution is -0.167. The normalized spacial score (nSPS) is 13.3. The Morgan fingerprint density at radius 3 is 0.704 bits per heavy atom. The first kappa shape index (κ1) is 75.8. The van der Waals surface area contributed by atoms with Gasteiger partial charge in [-0.25, -0.2) is 0 Å². The van der Waals surface area contributed by atoms with Crippen LogP contribution in [0.5, 0.6) is 0 Å². The van der Waals surface area contributed by atoms with Crippen LogP contribution in [-0.2, 0) is 28.6 Å². The molecule has 0 amide bonds. The number of hydrogen-bond donors (Lipinski definition) is 0. The van der Waals surface area contributed by atoms with Gasteiger partial charge in [0.2, 0.25) is 0 Å². The molecule has 0 N–H and O–H groups in total. The van der Waals surface area contributed by atoms with Crippen molar-refractivity contribution in [3.05, 3.63) is 170 Å². The molecule has 0 heterocycles. The number of hydrogen-bond acceptors (Lipinski definition) is 6. The van der Waals surface area contributed by atoms with E-state index in [-0.39, 0.29) is 31.1 Å². The summed E-state index contributed by atoms with van der Waals surface area (Å²) in [6.07, 6.45) is 99.3. The Bertz CT molecular complexity index is 1860. The van der Waals surface area contributed by atoms with E-state index in [1.165, 1.54) is 51.4 Å². The minimum atomic E-state index is -0.811. The second-order valence-corrected chi connectivity index (χ2v) is 20.9. The molecule has 0 bridgehead atoms. The Labute approximate surface area is 498 Å². The van der Waals surface area contributed by atoms with E-state index in [0.717, 1.165) is 173 Å². The van der Waals surface area contributed by atoms with E-state index in [2.05, 4.69) is 191 Å². The molecule has 0 radical (unpaired) electrons. The van der Waals surface area contributed by atoms with Crippen LogP contribution in [0.3, 0.4) is 0 Å². The third-order valence-corrected chi connectivity index (χ3v) is 13.2. The van der Waals surface area contributed by atoms with Gasteiger partial charge in [0.25, 0.3) is 0 Å². The SMILES string of the molecule is CC/C=C\C/C=C\C/C=C\C/C=C\C/C=C\C/C=C\CCCCCCCCCCC(=O)OCC(COC(=O)CCCCC/C=C\C/C=C\C/C=C\CC)OC(=O)CCCCCCCCC/C=C\C/C=C\C/C=C\C/C=C\C/C=C\CC. The molecule has 454 valence electrons. The van der Waals surface area contributed by atoms with E-state index in [0.29, 0.717) is 19.3 Å². The molecule has 1 atom stereocenters. The van der Waals surface area contributed by atoms with E-state index < -0.39 is 6.10 Å². The van der Waals surface area contributed by atoms with Crippen molar-refractivity contribution < 1.29 is 28.6 Å². The van der Waals surface area contributed by atoms with Crippen molar-refractivity contribution in [1.29, 1.82) is 0 Å². The first-order chi connectivity index (χ1) is 40.0. The topological polar surface area (TPSA) is 78.9 Å². The van der Waals surface area contributed by atoms with Crippen LogP contribution in [0.1, 0.15) is 265 Å². The summed E-state index contributed by atoms with van der Waals surface area (Å²) in [5.74, 6) is -0.957. The quantitative estimate of drug-likeness (QED) is 0.0261. The average molecular weight is 1120 g/mol. The fourth-order valence-corrected chi connectivity index (χ4v) is 8.43. The van der Waals surface area contributed by atoms with Crippen molar-refractivity contribution in [3.63, 3.8) is 0 Å². The first-order valence-corrected chi connectivity index (χ1v) is 32.6. The lowest BCUT2D eigenvalue weighted by Gasteiger charge is -2.18. The van der Waals surface area contributed by atoms with Gasteiger partial charge in [0.1, 0.15) is 13.2 Å². The smallest absolute Gasteiger partial charge is 0.306 e. The van der Waals surface area contributed by atoms with Gasteiger partial charge in [-0.1, -0.05) is 268 Å². The highest BCUT2D eigenvalue weighted by Gasteiger charge is 2.19. The van der Waals surface area contributed by atoms with Gasteiger partial charge in [0.05, 0.1) is 0 Å². The molecule has 0 aliphatic heterocycles. The zero-order valence-electron chi connectivity index (χ0n) is 52.0. The van der Waals surface area contributed by atoms with Crippen molar-refractivity contribution in [2.45, 2.75) is 271 Å². The van der Waals surface area contributed by atoms with Crippen LogP contribution in [0.25, 0.3) is 0 Å². The molecular formula is C75H118O6. The highest BCUT2D eigenvalue weighted by atomic mass is 16.6. The number of carbonyl (C=O) groups excluding carboxylic acids is 3. The maximum Gasteiger partial charge on any atom is 0.306 e. The zero-order chi connectivity index (χ0) is 58.5. The van der Waals surface area contributed by atoms with E-state index in [4.69, 9.17) is 14.2 Å². The Kier molecular flexibility index (Phi) is 62.9. The number of carbonyl (C=O) groups is 3. The largest absolute Gasteiger partial charge is 0.462 e. The van der Waals surface area contributed by atoms with Gasteiger partial charge in [-0.2, -0.15) is 0 Å². The van der Waals surface area contributed by atoms with Crippen molar-refractivity contribution in [2.75, 3.05) is 13.2 Å². The molecule has 1 unspecified atom stereocenters. The van der Waals surface area contributed by atoms with Crippen LogP contribution < -0.4 is 0 Å². The van der Waals surface area contributed by atoms with Crippen LogP contribution in [0.2, 0.25) is 0 Å². The van der Waals surface area contributed by atoms with Gasteiger partial charge in [-0.15, -0.1) is 0 Å². The second-order valence-electron chi connectivity index (χ2n) is 20.9. The monoisotopic (exact) mass is 1110 g/mol. The standard InChI is InChI=1S/C75H118O6/c1-4-7-10-13-16-19-22-25-27-29-31-33-35-36-37-38-40-41-43-45-47-50-53-56-59-62-65-68-74(77)80-71-72(70-79-73(76)67-64-61-58-55-52-49-24-21-18-15-12-9-6-3)81-75(78)69-66-63-60-57-54-51-48-46-44-42-39-34-32-30-28-26-23-20-17-14-11-8-5-2/h7-12,16-21,25-28,31-34,36-37,40-42,44,49,52,72H,4-6,13-15,22-24,29-30,35,38-39,43,45-48,50-51,53-71H2,1-3H3/b10-7-,11-8-,12-9-,19-16-,20-17-,21-18-,27-25-,28-26-,33-31-,34-32-,37-36-,41-40-,44-42-,52-49-. The van der Waals surface area contributed by atoms with Crippen molar-refractivity contribution in [1.82, 2.24) is 0 Å². The molecule has 0 spiro atoms. The van der Waals surface area contributed by atoms with Crippen molar-refractivity contribution >= 4 is 17.9 Å². The summed E-state index contributed by atoms with van der Waals surface area (Å²) in [7, 11) is 0. The Hall–Kier alpha value is -5.23. The minimum absolute atomic E-state index is 0.104. The molecular weight excluding hydrogens is 997 g/mol. The minimum Gasteiger partial charge on any atom is -0.462 e. The average Bonchev–Trinajstić information content (AvgIpc) is 3.46. The highest BCUT2D eigenvalue weighted by molar-refractivity contribution is 5.71. The van der Waals surface area contributed by atoms with Gasteiger partial charge in [-0.05, 0) is 148 Å². The molecule has 81 heavy (non-hydrogen) atoms. The summed E-state index contributed by atoms with van der Waals surface area (Å²) in [6, 6.07) is 0. The maximum absolute atomic E-state index is 12.9. The Morgan fingerprint density at radius 1 is 0.247 bits per heavy atom. The van der Waals surface area contributed by atoms with Crippen LogP contribution in [-0.4, -0.2) is 37.2 Å². The molecule has 0 aromatic heterocycles.